The number of benzene rings is 1. The van der Waals surface area contributed by atoms with Crippen LogP contribution in [0.1, 0.15) is 25.8 Å². The normalized spacial score (nSPS) is 19.5. The van der Waals surface area contributed by atoms with E-state index in [1.165, 1.54) is 0 Å². The molecule has 0 radical (unpaired) electrons. The Bertz CT molecular complexity index is 716. The summed E-state index contributed by atoms with van der Waals surface area (Å²) in [7, 11) is 0. The number of nitrogens with zero attached hydrogens (tertiary/aromatic N) is 2. The van der Waals surface area contributed by atoms with Gasteiger partial charge in [0.05, 0.1) is 6.42 Å². The molecule has 2 aliphatic rings. The fourth-order valence-electron chi connectivity index (χ4n) is 2.40. The van der Waals surface area contributed by atoms with Gasteiger partial charge in [-0.05, 0) is 38.5 Å². The number of aliphatic imine (C=N–C) groups is 1. The van der Waals surface area contributed by atoms with Gasteiger partial charge in [0.1, 0.15) is 11.9 Å². The van der Waals surface area contributed by atoms with E-state index in [1.807, 2.05) is 45.0 Å². The summed E-state index contributed by atoms with van der Waals surface area (Å²) in [5.41, 5.74) is 5.86. The van der Waals surface area contributed by atoms with E-state index >= 15 is 0 Å². The predicted molar refractivity (Wildman–Crippen MR) is 87.1 cm³/mol. The van der Waals surface area contributed by atoms with Crippen LogP contribution in [0.5, 0.6) is 0 Å². The third-order valence-corrected chi connectivity index (χ3v) is 3.71. The Morgan fingerprint density at radius 3 is 2.65 bits per heavy atom. The largest absolute Gasteiger partial charge is 0.324 e. The molecule has 7 nitrogen and oxygen atoms in total. The summed E-state index contributed by atoms with van der Waals surface area (Å²) in [6.07, 6.45) is 0.0692. The first-order valence-corrected chi connectivity index (χ1v) is 7.43. The molecule has 23 heavy (non-hydrogen) atoms. The van der Waals surface area contributed by atoms with Gasteiger partial charge < -0.3 is 5.32 Å². The monoisotopic (exact) mass is 313 g/mol. The Hall–Kier alpha value is -2.83. The minimum absolute atomic E-state index is 0.0692. The Balaban J connectivity index is 1.80. The first kappa shape index (κ1) is 15.1. The predicted octanol–water partition coefficient (Wildman–Crippen LogP) is 1.25. The van der Waals surface area contributed by atoms with Crippen molar-refractivity contribution < 1.29 is 9.59 Å². The second-order valence-corrected chi connectivity index (χ2v) is 5.89. The lowest BCUT2D eigenvalue weighted by atomic mass is 10.1. The number of fused-ring (bicyclic) bond motifs is 1. The molecule has 3 rings (SSSR count). The number of carbonyl (C=O) groups is 2. The number of rotatable bonds is 2. The van der Waals surface area contributed by atoms with Gasteiger partial charge >= 0.3 is 0 Å². The molecule has 0 saturated carbocycles. The Morgan fingerprint density at radius 1 is 1.30 bits per heavy atom. The van der Waals surface area contributed by atoms with Crippen LogP contribution in [-0.4, -0.2) is 28.8 Å². The van der Waals surface area contributed by atoms with Crippen LogP contribution >= 0.6 is 0 Å². The minimum atomic E-state index is -0.652. The molecule has 1 aromatic rings. The van der Waals surface area contributed by atoms with Crippen LogP contribution in [-0.2, 0) is 9.59 Å². The van der Waals surface area contributed by atoms with Crippen molar-refractivity contribution in [1.29, 1.82) is 0 Å². The smallest absolute Gasteiger partial charge is 0.249 e. The molecule has 2 aliphatic heterocycles. The topological polar surface area (TPSA) is 85.8 Å². The van der Waals surface area contributed by atoms with Crippen molar-refractivity contribution in [2.75, 3.05) is 5.32 Å². The highest BCUT2D eigenvalue weighted by Crippen LogP contribution is 2.19. The van der Waals surface area contributed by atoms with E-state index in [2.05, 4.69) is 21.1 Å². The fraction of sp³-hybridized carbons (Fsp3) is 0.312. The molecule has 1 saturated heterocycles. The molecular formula is C16H19N5O2. The molecule has 7 heteroatoms. The summed E-state index contributed by atoms with van der Waals surface area (Å²) < 4.78 is 0. The van der Waals surface area contributed by atoms with E-state index in [1.54, 1.807) is 5.01 Å². The standard InChI is InChI=1S/C16H19N5O2/c1-9(2)14-19-16-18-13(22)8-12(21(16)20-14)15(23)17-11-6-4-10(3)5-7-11/h4-7,12,20H,8H2,1-3H3,(H,17,23)(H,18,19,22). The van der Waals surface area contributed by atoms with Gasteiger partial charge in [-0.25, -0.2) is 5.01 Å². The summed E-state index contributed by atoms with van der Waals surface area (Å²) in [6.45, 7) is 5.80. The van der Waals surface area contributed by atoms with Gasteiger partial charge in [0.15, 0.2) is 0 Å². The lowest BCUT2D eigenvalue weighted by Crippen LogP contribution is -2.61. The maximum absolute atomic E-state index is 12.6. The first-order valence-electron chi connectivity index (χ1n) is 7.43. The van der Waals surface area contributed by atoms with Gasteiger partial charge in [-0.15, -0.1) is 0 Å². The number of hydrogen-bond donors (Lipinski definition) is 3. The minimum Gasteiger partial charge on any atom is -0.324 e. The van der Waals surface area contributed by atoms with E-state index in [4.69, 9.17) is 0 Å². The number of amides is 2. The summed E-state index contributed by atoms with van der Waals surface area (Å²) in [4.78, 5) is 28.7. The number of anilines is 1. The van der Waals surface area contributed by atoms with Gasteiger partial charge in [0.2, 0.25) is 17.8 Å². The van der Waals surface area contributed by atoms with Crippen molar-refractivity contribution in [3.63, 3.8) is 0 Å². The molecule has 2 amide bonds. The first-order chi connectivity index (χ1) is 10.9. The van der Waals surface area contributed by atoms with E-state index < -0.39 is 6.04 Å². The molecule has 1 aromatic carbocycles. The van der Waals surface area contributed by atoms with Gasteiger partial charge in [-0.2, -0.15) is 4.99 Å². The quantitative estimate of drug-likeness (QED) is 0.767. The molecule has 1 fully saturated rings. The molecule has 3 N–H and O–H groups in total. The maximum Gasteiger partial charge on any atom is 0.249 e. The van der Waals surface area contributed by atoms with Crippen molar-refractivity contribution in [3.05, 3.63) is 41.2 Å². The van der Waals surface area contributed by atoms with Crippen LogP contribution in [0.25, 0.3) is 0 Å². The summed E-state index contributed by atoms with van der Waals surface area (Å²) in [6, 6.07) is 6.87. The van der Waals surface area contributed by atoms with Crippen LogP contribution in [0, 0.1) is 6.92 Å². The van der Waals surface area contributed by atoms with Crippen molar-refractivity contribution in [1.82, 2.24) is 15.8 Å². The van der Waals surface area contributed by atoms with E-state index in [0.717, 1.165) is 11.1 Å². The SMILES string of the molecule is CC(C)=C1N=C2NC(=O)CC(C(=O)Nc3ccc(C)cc3)N2N1. The van der Waals surface area contributed by atoms with Gasteiger partial charge in [-0.1, -0.05) is 17.7 Å². The Morgan fingerprint density at radius 2 is 2.00 bits per heavy atom. The zero-order chi connectivity index (χ0) is 16.6. The van der Waals surface area contributed by atoms with Crippen LogP contribution in [0.2, 0.25) is 0 Å². The highest BCUT2D eigenvalue weighted by Gasteiger charge is 2.39. The average molecular weight is 313 g/mol. The number of allylic oxidation sites excluding steroid dienone is 1. The van der Waals surface area contributed by atoms with E-state index in [-0.39, 0.29) is 18.2 Å². The van der Waals surface area contributed by atoms with Gasteiger partial charge in [-0.3, -0.25) is 20.3 Å². The lowest BCUT2D eigenvalue weighted by molar-refractivity contribution is -0.129. The van der Waals surface area contributed by atoms with Crippen LogP contribution in [0.4, 0.5) is 5.69 Å². The highest BCUT2D eigenvalue weighted by atomic mass is 16.2. The number of guanidine groups is 1. The molecule has 1 unspecified atom stereocenters. The third kappa shape index (κ3) is 3.03. The molecular weight excluding hydrogens is 294 g/mol. The second kappa shape index (κ2) is 5.75. The van der Waals surface area contributed by atoms with Crippen LogP contribution in [0.15, 0.2) is 40.7 Å². The number of hydrazine groups is 1. The molecule has 0 bridgehead atoms. The molecule has 120 valence electrons. The van der Waals surface area contributed by atoms with Gasteiger partial charge in [0.25, 0.3) is 0 Å². The van der Waals surface area contributed by atoms with Gasteiger partial charge in [0, 0.05) is 5.69 Å². The van der Waals surface area contributed by atoms with Crippen molar-refractivity contribution in [2.24, 2.45) is 4.99 Å². The Labute approximate surface area is 134 Å². The molecule has 0 aliphatic carbocycles. The lowest BCUT2D eigenvalue weighted by Gasteiger charge is -2.32. The Kier molecular flexibility index (Phi) is 3.77. The van der Waals surface area contributed by atoms with Crippen molar-refractivity contribution in [2.45, 2.75) is 33.2 Å². The average Bonchev–Trinajstić information content (AvgIpc) is 2.92. The number of hydrogen-bond acceptors (Lipinski definition) is 5. The van der Waals surface area contributed by atoms with Crippen LogP contribution < -0.4 is 16.1 Å². The molecule has 1 atom stereocenters. The third-order valence-electron chi connectivity index (χ3n) is 3.71. The molecule has 2 heterocycles. The zero-order valence-corrected chi connectivity index (χ0v) is 13.3. The second-order valence-electron chi connectivity index (χ2n) is 5.89. The number of aryl methyl sites for hydroxylation is 1. The summed E-state index contributed by atoms with van der Waals surface area (Å²) in [5.74, 6) is 0.539. The highest BCUT2D eigenvalue weighted by molar-refractivity contribution is 6.07. The molecule has 0 aromatic heterocycles. The molecule has 0 spiro atoms. The maximum atomic E-state index is 12.6. The van der Waals surface area contributed by atoms with Crippen molar-refractivity contribution in [3.8, 4) is 0 Å². The summed E-state index contributed by atoms with van der Waals surface area (Å²) >= 11 is 0. The van der Waals surface area contributed by atoms with E-state index in [9.17, 15) is 9.59 Å². The van der Waals surface area contributed by atoms with Crippen molar-refractivity contribution >= 4 is 23.5 Å². The van der Waals surface area contributed by atoms with E-state index in [0.29, 0.717) is 17.5 Å². The summed E-state index contributed by atoms with van der Waals surface area (Å²) in [5, 5.41) is 7.13. The van der Waals surface area contributed by atoms with Crippen LogP contribution in [0.3, 0.4) is 0 Å². The zero-order valence-electron chi connectivity index (χ0n) is 13.3. The fourth-order valence-corrected chi connectivity index (χ4v) is 2.40. The number of nitrogens with one attached hydrogen (secondary N) is 3. The number of carbonyl (C=O) groups excluding carboxylic acids is 2.